The second-order valence-corrected chi connectivity index (χ2v) is 14.6. The SMILES string of the molecule is CC12C=CC(=O)C=C1CCC1C3CCC(OC(=O)c4ccc(Oc5ccccc5)c(OCc5ccccc5)c4)(C(=O)OCC#N)C3(C)CC(O)C12F. The summed E-state index contributed by atoms with van der Waals surface area (Å²) < 4.78 is 41.7. The van der Waals surface area contributed by atoms with Crippen LogP contribution in [0.2, 0.25) is 0 Å². The molecule has 0 amide bonds. The molecular weight excluding hydrogens is 665 g/mol. The van der Waals surface area contributed by atoms with Crippen molar-refractivity contribution in [3.8, 4) is 23.3 Å². The molecule has 0 spiro atoms. The molecule has 9 nitrogen and oxygen atoms in total. The molecule has 7 rings (SSSR count). The predicted octanol–water partition coefficient (Wildman–Crippen LogP) is 7.39. The summed E-state index contributed by atoms with van der Waals surface area (Å²) in [6, 6.07) is 25.0. The zero-order chi connectivity index (χ0) is 36.7. The van der Waals surface area contributed by atoms with Crippen molar-refractivity contribution in [1.29, 1.82) is 5.26 Å². The van der Waals surface area contributed by atoms with Gasteiger partial charge in [-0.1, -0.05) is 67.1 Å². The first kappa shape index (κ1) is 35.1. The molecule has 0 radical (unpaired) electrons. The van der Waals surface area contributed by atoms with Gasteiger partial charge in [0.15, 0.2) is 29.6 Å². The van der Waals surface area contributed by atoms with Crippen molar-refractivity contribution in [1.82, 2.24) is 0 Å². The van der Waals surface area contributed by atoms with Crippen LogP contribution in [0.5, 0.6) is 17.2 Å². The number of carbonyl (C=O) groups is 3. The number of nitriles is 1. The van der Waals surface area contributed by atoms with E-state index in [1.807, 2.05) is 48.5 Å². The molecule has 1 N–H and O–H groups in total. The number of carbonyl (C=O) groups excluding carboxylic acids is 3. The van der Waals surface area contributed by atoms with Gasteiger partial charge in [-0.15, -0.1) is 0 Å². The number of ether oxygens (including phenoxy) is 4. The van der Waals surface area contributed by atoms with E-state index in [-0.39, 0.29) is 36.5 Å². The Kier molecular flexibility index (Phi) is 9.04. The van der Waals surface area contributed by atoms with Gasteiger partial charge in [0.25, 0.3) is 0 Å². The van der Waals surface area contributed by atoms with Crippen LogP contribution in [0.4, 0.5) is 4.39 Å². The number of rotatable bonds is 9. The standard InChI is InChI=1S/C42H40FNO8/c1-39-19-17-30(45)24-29(39)14-15-33-32-18-20-41(38(48)49-22-21-44,40(32,2)25-36(46)42(33,39)43)52-37(47)28-13-16-34(51-31-11-7-4-8-12-31)35(23-28)50-26-27-9-5-3-6-10-27/h3-13,16-17,19,23-24,32-33,36,46H,14-15,18,20,22,25-26H2,1-2H3. The van der Waals surface area contributed by atoms with Gasteiger partial charge in [-0.25, -0.2) is 14.0 Å². The van der Waals surface area contributed by atoms with E-state index in [9.17, 15) is 24.8 Å². The number of benzene rings is 3. The molecule has 3 aromatic carbocycles. The third-order valence-corrected chi connectivity index (χ3v) is 12.0. The molecule has 4 aliphatic rings. The topological polar surface area (TPSA) is 132 Å². The van der Waals surface area contributed by atoms with Crippen LogP contribution in [-0.4, -0.2) is 46.8 Å². The number of para-hydroxylation sites is 1. The number of hydrogen-bond donors (Lipinski definition) is 1. The van der Waals surface area contributed by atoms with Crippen LogP contribution in [0.3, 0.4) is 0 Å². The molecule has 3 aromatic rings. The van der Waals surface area contributed by atoms with Crippen LogP contribution in [0.25, 0.3) is 0 Å². The molecule has 3 saturated carbocycles. The van der Waals surface area contributed by atoms with Gasteiger partial charge >= 0.3 is 11.9 Å². The van der Waals surface area contributed by atoms with Crippen LogP contribution in [-0.2, 0) is 25.7 Å². The van der Waals surface area contributed by atoms with Crippen molar-refractivity contribution in [3.63, 3.8) is 0 Å². The normalized spacial score (nSPS) is 31.6. The molecule has 7 unspecified atom stereocenters. The third-order valence-electron chi connectivity index (χ3n) is 12.0. The maximum absolute atomic E-state index is 17.7. The lowest BCUT2D eigenvalue weighted by Gasteiger charge is -2.62. The van der Waals surface area contributed by atoms with Crippen molar-refractivity contribution in [2.75, 3.05) is 6.61 Å². The zero-order valence-corrected chi connectivity index (χ0v) is 29.0. The van der Waals surface area contributed by atoms with Gasteiger partial charge in [0.2, 0.25) is 5.60 Å². The predicted molar refractivity (Wildman–Crippen MR) is 187 cm³/mol. The number of aliphatic hydroxyl groups is 1. The fraction of sp³-hybridized carbons (Fsp3) is 0.381. The van der Waals surface area contributed by atoms with E-state index in [1.54, 1.807) is 44.2 Å². The molecule has 10 heteroatoms. The van der Waals surface area contributed by atoms with Crippen molar-refractivity contribution >= 4 is 17.7 Å². The van der Waals surface area contributed by atoms with Crippen molar-refractivity contribution in [2.24, 2.45) is 22.7 Å². The monoisotopic (exact) mass is 705 g/mol. The first-order chi connectivity index (χ1) is 24.9. The number of hydrogen-bond acceptors (Lipinski definition) is 9. The molecule has 0 aliphatic heterocycles. The highest BCUT2D eigenvalue weighted by molar-refractivity contribution is 6.01. The number of esters is 2. The summed E-state index contributed by atoms with van der Waals surface area (Å²) in [7, 11) is 0. The van der Waals surface area contributed by atoms with Crippen LogP contribution in [0.15, 0.2) is 103 Å². The Morgan fingerprint density at radius 1 is 0.981 bits per heavy atom. The van der Waals surface area contributed by atoms with Crippen LogP contribution < -0.4 is 9.47 Å². The highest BCUT2D eigenvalue weighted by Gasteiger charge is 2.76. The maximum Gasteiger partial charge on any atom is 0.352 e. The van der Waals surface area contributed by atoms with E-state index in [0.717, 1.165) is 5.56 Å². The van der Waals surface area contributed by atoms with Gasteiger partial charge in [-0.3, -0.25) is 4.79 Å². The van der Waals surface area contributed by atoms with Gasteiger partial charge in [0, 0.05) is 16.7 Å². The van der Waals surface area contributed by atoms with Gasteiger partial charge in [0.1, 0.15) is 18.4 Å². The van der Waals surface area contributed by atoms with E-state index >= 15 is 4.39 Å². The summed E-state index contributed by atoms with van der Waals surface area (Å²) >= 11 is 0. The lowest BCUT2D eigenvalue weighted by molar-refractivity contribution is -0.224. The molecule has 268 valence electrons. The van der Waals surface area contributed by atoms with E-state index < -0.39 is 58.6 Å². The molecule has 3 fully saturated rings. The average Bonchev–Trinajstić information content (AvgIpc) is 3.43. The largest absolute Gasteiger partial charge is 0.485 e. The number of aliphatic hydroxyl groups excluding tert-OH is 1. The summed E-state index contributed by atoms with van der Waals surface area (Å²) in [4.78, 5) is 40.5. The Morgan fingerprint density at radius 3 is 2.44 bits per heavy atom. The molecule has 4 aliphatic carbocycles. The quantitative estimate of drug-likeness (QED) is 0.226. The summed E-state index contributed by atoms with van der Waals surface area (Å²) in [5.74, 6) is -2.05. The average molecular weight is 706 g/mol. The number of fused-ring (bicyclic) bond motifs is 5. The van der Waals surface area contributed by atoms with Crippen molar-refractivity contribution < 1.29 is 42.8 Å². The Labute approximate surface area is 301 Å². The highest BCUT2D eigenvalue weighted by Crippen LogP contribution is 2.70. The first-order valence-electron chi connectivity index (χ1n) is 17.6. The molecular formula is C42H40FNO8. The zero-order valence-electron chi connectivity index (χ0n) is 29.0. The number of allylic oxidation sites excluding steroid dienone is 4. The Bertz CT molecular complexity index is 1990. The lowest BCUT2D eigenvalue weighted by atomic mass is 9.45. The van der Waals surface area contributed by atoms with Gasteiger partial charge in [-0.05, 0) is 93.0 Å². The molecule has 0 saturated heterocycles. The Morgan fingerprint density at radius 2 is 1.71 bits per heavy atom. The second kappa shape index (κ2) is 13.4. The Hall–Kier alpha value is -5.27. The molecule has 0 aromatic heterocycles. The Balaban J connectivity index is 1.23. The maximum atomic E-state index is 17.7. The highest BCUT2D eigenvalue weighted by atomic mass is 19.1. The van der Waals surface area contributed by atoms with Gasteiger partial charge < -0.3 is 24.1 Å². The van der Waals surface area contributed by atoms with E-state index in [4.69, 9.17) is 18.9 Å². The number of nitrogens with zero attached hydrogens (tertiary/aromatic N) is 1. The fourth-order valence-corrected chi connectivity index (χ4v) is 9.36. The minimum atomic E-state index is -2.14. The van der Waals surface area contributed by atoms with Gasteiger partial charge in [0.05, 0.1) is 11.7 Å². The minimum absolute atomic E-state index is 0.00374. The summed E-state index contributed by atoms with van der Waals surface area (Å²) in [6.07, 6.45) is 3.67. The van der Waals surface area contributed by atoms with E-state index in [0.29, 0.717) is 36.3 Å². The van der Waals surface area contributed by atoms with Crippen molar-refractivity contribution in [3.05, 3.63) is 114 Å². The molecule has 52 heavy (non-hydrogen) atoms. The number of alkyl halides is 1. The van der Waals surface area contributed by atoms with Crippen molar-refractivity contribution in [2.45, 2.75) is 69.9 Å². The van der Waals surface area contributed by atoms with Crippen LogP contribution in [0.1, 0.15) is 61.9 Å². The van der Waals surface area contributed by atoms with Crippen LogP contribution in [0, 0.1) is 34.0 Å². The van der Waals surface area contributed by atoms with Crippen LogP contribution >= 0.6 is 0 Å². The lowest BCUT2D eigenvalue weighted by Crippen LogP contribution is -2.69. The molecule has 7 atom stereocenters. The second-order valence-electron chi connectivity index (χ2n) is 14.6. The van der Waals surface area contributed by atoms with E-state index in [1.165, 1.54) is 24.3 Å². The summed E-state index contributed by atoms with van der Waals surface area (Å²) in [6.45, 7) is 3.06. The summed E-state index contributed by atoms with van der Waals surface area (Å²) in [5.41, 5.74) is -4.98. The first-order valence-corrected chi connectivity index (χ1v) is 17.6. The smallest absolute Gasteiger partial charge is 0.352 e. The van der Waals surface area contributed by atoms with E-state index in [2.05, 4.69) is 0 Å². The van der Waals surface area contributed by atoms with Gasteiger partial charge in [-0.2, -0.15) is 5.26 Å². The summed E-state index contributed by atoms with van der Waals surface area (Å²) in [5, 5.41) is 21.1. The number of halogens is 1. The number of ketones is 1. The molecule has 0 bridgehead atoms. The fourth-order valence-electron chi connectivity index (χ4n) is 9.36. The molecule has 0 heterocycles. The minimum Gasteiger partial charge on any atom is -0.485 e. The third kappa shape index (κ3) is 5.59.